The summed E-state index contributed by atoms with van der Waals surface area (Å²) in [7, 11) is -11.2. The largest absolute Gasteiger partial charge is 0.243 e. The first-order valence-corrected chi connectivity index (χ1v) is 18.1. The lowest BCUT2D eigenvalue weighted by atomic mass is 10.0. The van der Waals surface area contributed by atoms with Gasteiger partial charge in [-0.2, -0.15) is 21.0 Å². The summed E-state index contributed by atoms with van der Waals surface area (Å²) in [6, 6.07) is 10.5. The van der Waals surface area contributed by atoms with Crippen molar-refractivity contribution in [1.29, 1.82) is 21.0 Å². The van der Waals surface area contributed by atoms with Crippen LogP contribution in [-0.4, -0.2) is 26.8 Å². The number of nitrogens with zero attached hydrogens (tertiary/aromatic N) is 6. The predicted octanol–water partition coefficient (Wildman–Crippen LogP) is 7.19. The Kier molecular flexibility index (Phi) is 8.77. The molecule has 7 rings (SSSR count). The maximum absolute atomic E-state index is 14.7. The van der Waals surface area contributed by atoms with Crippen LogP contribution in [0.4, 0.5) is 43.9 Å². The Morgan fingerprint density at radius 3 is 0.983 bits per heavy atom. The molecule has 0 fully saturated rings. The molecule has 0 aliphatic heterocycles. The van der Waals surface area contributed by atoms with Crippen molar-refractivity contribution in [2.45, 2.75) is 19.6 Å². The fourth-order valence-corrected chi connectivity index (χ4v) is 9.09. The molecule has 10 nitrogen and oxygen atoms in total. The number of aromatic nitrogens is 2. The first-order valence-electron chi connectivity index (χ1n) is 15.1. The van der Waals surface area contributed by atoms with Gasteiger partial charge in [0.25, 0.3) is 0 Å². The molecule has 286 valence electrons. The number of allylic oxidation sites excluding steroid dienone is 2. The molecule has 0 N–H and O–H groups in total. The van der Waals surface area contributed by atoms with Crippen LogP contribution in [0.5, 0.6) is 0 Å². The van der Waals surface area contributed by atoms with Crippen LogP contribution in [0.1, 0.15) is 22.5 Å². The maximum atomic E-state index is 14.7. The molecule has 58 heavy (non-hydrogen) atoms. The van der Waals surface area contributed by atoms with E-state index in [0.717, 1.165) is 12.1 Å². The molecule has 4 aromatic carbocycles. The fraction of sp³-hybridized carbons (Fsp3) is 0. The van der Waals surface area contributed by atoms with E-state index in [1.165, 1.54) is 24.3 Å². The molecule has 2 aliphatic carbocycles. The zero-order chi connectivity index (χ0) is 42.5. The van der Waals surface area contributed by atoms with E-state index in [4.69, 9.17) is 0 Å². The molecule has 0 bridgehead atoms. The molecule has 0 unspecified atom stereocenters. The van der Waals surface area contributed by atoms with Crippen molar-refractivity contribution >= 4 is 30.8 Å². The Morgan fingerprint density at radius 2 is 0.690 bits per heavy atom. The normalized spacial score (nSPS) is 12.4. The molecule has 0 saturated carbocycles. The standard InChI is InChI=1S/C36H6F10N6O4S2/c37-21-23(39)27(43)35(28(44)24(21)40)57(53,54)13-1-3-15-17(5-13)19(11(7-47)8-48)33-31(15)51-32-16-4-2-14(6-18(16)20(34(32)52-33)12(9-49)10-50)58(55,56)36-29(45)25(41)22(38)26(42)30(36)46/h1-6H. The maximum Gasteiger partial charge on any atom is 0.212 e. The van der Waals surface area contributed by atoms with Crippen LogP contribution in [0.15, 0.2) is 67.1 Å². The highest BCUT2D eigenvalue weighted by molar-refractivity contribution is 7.91. The molecular formula is C36H6F10N6O4S2. The number of sulfone groups is 2. The Balaban J connectivity index is 1.48. The summed E-state index contributed by atoms with van der Waals surface area (Å²) in [6.07, 6.45) is 0. The van der Waals surface area contributed by atoms with E-state index in [1.54, 1.807) is 0 Å². The van der Waals surface area contributed by atoms with Crippen LogP contribution >= 0.6 is 0 Å². The third kappa shape index (κ3) is 5.12. The van der Waals surface area contributed by atoms with Crippen molar-refractivity contribution in [1.82, 2.24) is 9.97 Å². The lowest BCUT2D eigenvalue weighted by Gasteiger charge is -2.11. The minimum atomic E-state index is -5.62. The lowest BCUT2D eigenvalue weighted by molar-refractivity contribution is 0.357. The van der Waals surface area contributed by atoms with Crippen LogP contribution < -0.4 is 0 Å². The van der Waals surface area contributed by atoms with Crippen molar-refractivity contribution in [3.8, 4) is 46.8 Å². The SMILES string of the molecule is N#CC(C#N)=C1c2cc(S(=O)(=O)c3c(F)c(F)c(F)c(F)c3F)ccc2-c2nc3c(nc21)C(=C(C#N)C#N)c1cc(S(=O)(=O)c2c(F)c(F)c(F)c(F)c2F)ccc1-3. The highest BCUT2D eigenvalue weighted by Crippen LogP contribution is 2.51. The minimum Gasteiger partial charge on any atom is -0.243 e. The number of nitriles is 4. The molecule has 0 saturated heterocycles. The first kappa shape index (κ1) is 38.9. The molecule has 1 aromatic heterocycles. The van der Waals surface area contributed by atoms with E-state index in [1.807, 2.05) is 0 Å². The average molecular weight is 841 g/mol. The number of rotatable bonds is 4. The summed E-state index contributed by atoms with van der Waals surface area (Å²) < 4.78 is 196. The summed E-state index contributed by atoms with van der Waals surface area (Å²) in [4.78, 5) is 2.17. The van der Waals surface area contributed by atoms with Crippen molar-refractivity contribution in [3.05, 3.63) is 128 Å². The van der Waals surface area contributed by atoms with Crippen LogP contribution in [0, 0.1) is 103 Å². The van der Waals surface area contributed by atoms with E-state index >= 15 is 0 Å². The zero-order valence-corrected chi connectivity index (χ0v) is 29.0. The number of hydrogen-bond donors (Lipinski definition) is 0. The van der Waals surface area contributed by atoms with E-state index in [0.29, 0.717) is 24.3 Å². The molecule has 0 amide bonds. The average Bonchev–Trinajstić information content (AvgIpc) is 3.69. The van der Waals surface area contributed by atoms with Gasteiger partial charge in [0.2, 0.25) is 31.3 Å². The smallest absolute Gasteiger partial charge is 0.212 e. The molecule has 0 atom stereocenters. The Bertz CT molecular complexity index is 3020. The van der Waals surface area contributed by atoms with Crippen LogP contribution in [0.3, 0.4) is 0 Å². The Labute approximate surface area is 316 Å². The Hall–Kier alpha value is -7.40. The number of hydrogen-bond acceptors (Lipinski definition) is 10. The van der Waals surface area contributed by atoms with Gasteiger partial charge in [0, 0.05) is 22.3 Å². The van der Waals surface area contributed by atoms with Crippen molar-refractivity contribution < 1.29 is 60.7 Å². The predicted molar refractivity (Wildman–Crippen MR) is 171 cm³/mol. The van der Waals surface area contributed by atoms with Gasteiger partial charge < -0.3 is 0 Å². The van der Waals surface area contributed by atoms with E-state index in [9.17, 15) is 81.8 Å². The van der Waals surface area contributed by atoms with Gasteiger partial charge in [-0.05, 0) is 35.4 Å². The van der Waals surface area contributed by atoms with Crippen LogP contribution in [0.2, 0.25) is 0 Å². The van der Waals surface area contributed by atoms with Gasteiger partial charge in [0.05, 0.1) is 21.2 Å². The summed E-state index contributed by atoms with van der Waals surface area (Å²) >= 11 is 0. The summed E-state index contributed by atoms with van der Waals surface area (Å²) in [5.74, 6) is -26.4. The van der Waals surface area contributed by atoms with Gasteiger partial charge in [-0.3, -0.25) is 0 Å². The second-order valence-electron chi connectivity index (χ2n) is 11.8. The van der Waals surface area contributed by atoms with E-state index in [-0.39, 0.29) is 22.5 Å². The van der Waals surface area contributed by atoms with Crippen molar-refractivity contribution in [2.24, 2.45) is 0 Å². The third-order valence-corrected chi connectivity index (χ3v) is 12.4. The summed E-state index contributed by atoms with van der Waals surface area (Å²) in [5, 5.41) is 39.4. The number of halogens is 10. The summed E-state index contributed by atoms with van der Waals surface area (Å²) in [5.41, 5.74) is -5.30. The molecule has 0 spiro atoms. The fourth-order valence-electron chi connectivity index (χ4n) is 6.28. The van der Waals surface area contributed by atoms with Crippen molar-refractivity contribution in [3.63, 3.8) is 0 Å². The van der Waals surface area contributed by atoms with E-state index in [2.05, 4.69) is 9.97 Å². The van der Waals surface area contributed by atoms with Crippen LogP contribution in [-0.2, 0) is 19.7 Å². The molecule has 5 aromatic rings. The molecule has 22 heteroatoms. The highest BCUT2D eigenvalue weighted by Gasteiger charge is 2.41. The first-order chi connectivity index (χ1) is 27.3. The topological polar surface area (TPSA) is 189 Å². The third-order valence-electron chi connectivity index (χ3n) is 8.84. The molecule has 1 heterocycles. The Morgan fingerprint density at radius 1 is 0.414 bits per heavy atom. The second-order valence-corrected chi connectivity index (χ2v) is 15.6. The molecular weight excluding hydrogens is 835 g/mol. The number of fused-ring (bicyclic) bond motifs is 6. The van der Waals surface area contributed by atoms with Gasteiger partial charge in [0.1, 0.15) is 56.6 Å². The quantitative estimate of drug-likeness (QED) is 0.0577. The van der Waals surface area contributed by atoms with Gasteiger partial charge in [-0.1, -0.05) is 12.1 Å². The second kappa shape index (κ2) is 13.1. The monoisotopic (exact) mass is 840 g/mol. The molecule has 2 aliphatic rings. The zero-order valence-electron chi connectivity index (χ0n) is 27.4. The number of benzene rings is 4. The van der Waals surface area contributed by atoms with Gasteiger partial charge in [0.15, 0.2) is 46.5 Å². The van der Waals surface area contributed by atoms with E-state index < -0.39 is 142 Å². The van der Waals surface area contributed by atoms with Gasteiger partial charge in [-0.15, -0.1) is 0 Å². The van der Waals surface area contributed by atoms with Crippen LogP contribution in [0.25, 0.3) is 33.7 Å². The molecule has 0 radical (unpaired) electrons. The van der Waals surface area contributed by atoms with Gasteiger partial charge in [-0.25, -0.2) is 70.7 Å². The van der Waals surface area contributed by atoms with Gasteiger partial charge >= 0.3 is 0 Å². The highest BCUT2D eigenvalue weighted by atomic mass is 32.2. The lowest BCUT2D eigenvalue weighted by Crippen LogP contribution is -2.13. The minimum absolute atomic E-state index is 0.162. The van der Waals surface area contributed by atoms with Crippen molar-refractivity contribution in [2.75, 3.05) is 0 Å². The summed E-state index contributed by atoms with van der Waals surface area (Å²) in [6.45, 7) is 0.